The molecule has 0 aromatic rings. The van der Waals surface area contributed by atoms with Crippen LogP contribution in [0.5, 0.6) is 0 Å². The Morgan fingerprint density at radius 3 is 2.42 bits per heavy atom. The first-order valence-corrected chi connectivity index (χ1v) is 4.99. The second-order valence-corrected chi connectivity index (χ2v) is 3.72. The van der Waals surface area contributed by atoms with Crippen molar-refractivity contribution in [1.29, 1.82) is 0 Å². The molecule has 0 saturated heterocycles. The molecule has 0 aliphatic heterocycles. The molecule has 0 aliphatic carbocycles. The van der Waals surface area contributed by atoms with E-state index in [4.69, 9.17) is 10.5 Å². The Morgan fingerprint density at radius 1 is 1.25 bits per heavy atom. The van der Waals surface area contributed by atoms with Gasteiger partial charge in [0.25, 0.3) is 0 Å². The lowest BCUT2D eigenvalue weighted by Crippen LogP contribution is -2.36. The van der Waals surface area contributed by atoms with E-state index in [0.717, 1.165) is 32.5 Å². The second kappa shape index (κ2) is 6.44. The van der Waals surface area contributed by atoms with E-state index in [1.54, 1.807) is 0 Å². The van der Waals surface area contributed by atoms with E-state index >= 15 is 0 Å². The highest BCUT2D eigenvalue weighted by atomic mass is 16.5. The highest BCUT2D eigenvalue weighted by Crippen LogP contribution is 2.09. The fourth-order valence-electron chi connectivity index (χ4n) is 0.831. The summed E-state index contributed by atoms with van der Waals surface area (Å²) in [6.45, 7) is 8.06. The summed E-state index contributed by atoms with van der Waals surface area (Å²) in [6.07, 6.45) is 4.35. The van der Waals surface area contributed by atoms with Crippen LogP contribution in [-0.2, 0) is 4.74 Å². The summed E-state index contributed by atoms with van der Waals surface area (Å²) in [5, 5.41) is 0. The lowest BCUT2D eigenvalue weighted by atomic mass is 9.97. The Kier molecular flexibility index (Phi) is 6.39. The van der Waals surface area contributed by atoms with Crippen molar-refractivity contribution in [2.24, 2.45) is 5.73 Å². The Morgan fingerprint density at radius 2 is 1.92 bits per heavy atom. The molecule has 0 heterocycles. The zero-order chi connectivity index (χ0) is 9.45. The van der Waals surface area contributed by atoms with Gasteiger partial charge in [-0.25, -0.2) is 0 Å². The van der Waals surface area contributed by atoms with Gasteiger partial charge in [-0.2, -0.15) is 0 Å². The van der Waals surface area contributed by atoms with Crippen LogP contribution in [0.1, 0.15) is 46.5 Å². The summed E-state index contributed by atoms with van der Waals surface area (Å²) in [5.74, 6) is 0. The minimum Gasteiger partial charge on any atom is -0.381 e. The highest BCUT2D eigenvalue weighted by molar-refractivity contribution is 4.75. The van der Waals surface area contributed by atoms with Crippen LogP contribution in [0.3, 0.4) is 0 Å². The summed E-state index contributed by atoms with van der Waals surface area (Å²) < 4.78 is 5.43. The van der Waals surface area contributed by atoms with Gasteiger partial charge in [-0.3, -0.25) is 0 Å². The summed E-state index contributed by atoms with van der Waals surface area (Å²) in [7, 11) is 0. The average Bonchev–Trinajstić information content (AvgIpc) is 2.04. The zero-order valence-electron chi connectivity index (χ0n) is 8.73. The molecule has 0 aromatic heterocycles. The largest absolute Gasteiger partial charge is 0.381 e. The first-order valence-electron chi connectivity index (χ1n) is 4.99. The van der Waals surface area contributed by atoms with Crippen molar-refractivity contribution in [2.45, 2.75) is 52.0 Å². The number of nitrogens with two attached hydrogens (primary N) is 1. The molecule has 2 N–H and O–H groups in total. The van der Waals surface area contributed by atoms with E-state index in [1.807, 2.05) is 0 Å². The maximum Gasteiger partial charge on any atom is 0.0483 e. The fourth-order valence-corrected chi connectivity index (χ4v) is 0.831. The molecule has 0 rings (SSSR count). The third-order valence-electron chi connectivity index (χ3n) is 2.27. The molecule has 0 aliphatic rings. The van der Waals surface area contributed by atoms with Crippen LogP contribution in [0.25, 0.3) is 0 Å². The van der Waals surface area contributed by atoms with Gasteiger partial charge in [-0.15, -0.1) is 0 Å². The van der Waals surface area contributed by atoms with Crippen molar-refractivity contribution in [3.63, 3.8) is 0 Å². The summed E-state index contributed by atoms with van der Waals surface area (Å²) in [4.78, 5) is 0. The van der Waals surface area contributed by atoms with Crippen LogP contribution in [-0.4, -0.2) is 18.8 Å². The molecule has 0 saturated carbocycles. The maximum absolute atomic E-state index is 5.95. The van der Waals surface area contributed by atoms with Crippen LogP contribution in [0, 0.1) is 0 Å². The van der Waals surface area contributed by atoms with Gasteiger partial charge in [-0.1, -0.05) is 20.3 Å². The first kappa shape index (κ1) is 11.9. The topological polar surface area (TPSA) is 35.2 Å². The molecule has 0 fully saturated rings. The van der Waals surface area contributed by atoms with Crippen molar-refractivity contribution >= 4 is 0 Å². The smallest absolute Gasteiger partial charge is 0.0483 e. The number of hydrogen-bond acceptors (Lipinski definition) is 2. The third-order valence-corrected chi connectivity index (χ3v) is 2.27. The normalized spacial score (nSPS) is 16.0. The van der Waals surface area contributed by atoms with E-state index in [0.29, 0.717) is 0 Å². The number of unbranched alkanes of at least 4 members (excludes halogenated alkanes) is 1. The molecule has 0 radical (unpaired) electrons. The predicted octanol–water partition coefficient (Wildman–Crippen LogP) is 2.32. The summed E-state index contributed by atoms with van der Waals surface area (Å²) in [6, 6.07) is 0. The molecule has 1 atom stereocenters. The van der Waals surface area contributed by atoms with Gasteiger partial charge in [0.2, 0.25) is 0 Å². The highest BCUT2D eigenvalue weighted by Gasteiger charge is 2.14. The van der Waals surface area contributed by atoms with Gasteiger partial charge in [0.1, 0.15) is 0 Å². The minimum absolute atomic E-state index is 0.0355. The van der Waals surface area contributed by atoms with Gasteiger partial charge >= 0.3 is 0 Å². The molecule has 0 amide bonds. The van der Waals surface area contributed by atoms with Crippen molar-refractivity contribution < 1.29 is 4.74 Å². The van der Waals surface area contributed by atoms with Gasteiger partial charge < -0.3 is 10.5 Å². The molecule has 0 aromatic carbocycles. The SMILES string of the molecule is CCCCOCCC(C)(N)CC. The van der Waals surface area contributed by atoms with E-state index in [9.17, 15) is 0 Å². The van der Waals surface area contributed by atoms with Gasteiger partial charge in [0, 0.05) is 18.8 Å². The van der Waals surface area contributed by atoms with E-state index in [1.165, 1.54) is 6.42 Å². The van der Waals surface area contributed by atoms with E-state index < -0.39 is 0 Å². The number of rotatable bonds is 7. The molecule has 12 heavy (non-hydrogen) atoms. The lowest BCUT2D eigenvalue weighted by molar-refractivity contribution is 0.113. The number of ether oxygens (including phenoxy) is 1. The minimum atomic E-state index is -0.0355. The molecule has 0 spiro atoms. The Bertz CT molecular complexity index is 102. The van der Waals surface area contributed by atoms with Crippen LogP contribution in [0.2, 0.25) is 0 Å². The Hall–Kier alpha value is -0.0800. The maximum atomic E-state index is 5.95. The molecule has 1 unspecified atom stereocenters. The van der Waals surface area contributed by atoms with E-state index in [2.05, 4.69) is 20.8 Å². The second-order valence-electron chi connectivity index (χ2n) is 3.72. The Labute approximate surface area is 76.5 Å². The van der Waals surface area contributed by atoms with E-state index in [-0.39, 0.29) is 5.54 Å². The monoisotopic (exact) mass is 173 g/mol. The summed E-state index contributed by atoms with van der Waals surface area (Å²) >= 11 is 0. The van der Waals surface area contributed by atoms with Crippen LogP contribution in [0.15, 0.2) is 0 Å². The standard InChI is InChI=1S/C10H23NO/c1-4-6-8-12-9-7-10(3,11)5-2/h4-9,11H2,1-3H3. The zero-order valence-corrected chi connectivity index (χ0v) is 8.73. The van der Waals surface area contributed by atoms with Gasteiger partial charge in [0.05, 0.1) is 0 Å². The Balaban J connectivity index is 3.19. The molecule has 74 valence electrons. The van der Waals surface area contributed by atoms with Crippen molar-refractivity contribution in [3.8, 4) is 0 Å². The molecule has 0 bridgehead atoms. The van der Waals surface area contributed by atoms with Gasteiger partial charge in [0.15, 0.2) is 0 Å². The van der Waals surface area contributed by atoms with Crippen LogP contribution in [0.4, 0.5) is 0 Å². The fraction of sp³-hybridized carbons (Fsp3) is 1.00. The van der Waals surface area contributed by atoms with Crippen molar-refractivity contribution in [1.82, 2.24) is 0 Å². The number of hydrogen-bond donors (Lipinski definition) is 1. The lowest BCUT2D eigenvalue weighted by Gasteiger charge is -2.22. The third kappa shape index (κ3) is 6.62. The quantitative estimate of drug-likeness (QED) is 0.600. The first-order chi connectivity index (χ1) is 5.62. The predicted molar refractivity (Wildman–Crippen MR) is 53.2 cm³/mol. The molecular weight excluding hydrogens is 150 g/mol. The van der Waals surface area contributed by atoms with Crippen LogP contribution >= 0.6 is 0 Å². The molecular formula is C10H23NO. The average molecular weight is 173 g/mol. The van der Waals surface area contributed by atoms with Crippen molar-refractivity contribution in [3.05, 3.63) is 0 Å². The van der Waals surface area contributed by atoms with Crippen molar-refractivity contribution in [2.75, 3.05) is 13.2 Å². The van der Waals surface area contributed by atoms with Gasteiger partial charge in [-0.05, 0) is 26.2 Å². The molecule has 2 heteroatoms. The summed E-state index contributed by atoms with van der Waals surface area (Å²) in [5.41, 5.74) is 5.92. The molecule has 2 nitrogen and oxygen atoms in total. The van der Waals surface area contributed by atoms with Crippen LogP contribution < -0.4 is 5.73 Å².